The topological polar surface area (TPSA) is 88.8 Å². The van der Waals surface area contributed by atoms with E-state index in [1.807, 2.05) is 24.6 Å². The van der Waals surface area contributed by atoms with Crippen LogP contribution in [0.5, 0.6) is 0 Å². The summed E-state index contributed by atoms with van der Waals surface area (Å²) in [6.45, 7) is -4.34. The highest BCUT2D eigenvalue weighted by Gasteiger charge is 2.16. The SMILES string of the molecule is [2H]C1([2H])N(c2cc(C(=O)Nc3cc4cc(-c5cnc(C)n5C)ncc4cn3)ccn2)C([2H])([2H])C([2H])([2H])C1([2H])[2H]. The Morgan fingerprint density at radius 3 is 2.61 bits per heavy atom. The molecule has 156 valence electrons. The molecule has 1 amide bonds. The predicted octanol–water partition coefficient (Wildman–Crippen LogP) is 3.59. The number of amides is 1. The molecule has 1 aliphatic rings. The third-order valence-electron chi connectivity index (χ3n) is 4.96. The number of fused-ring (bicyclic) bond motifs is 1. The Kier molecular flexibility index (Phi) is 3.05. The molecule has 8 heteroatoms. The second-order valence-corrected chi connectivity index (χ2v) is 6.90. The van der Waals surface area contributed by atoms with Gasteiger partial charge >= 0.3 is 0 Å². The monoisotopic (exact) mass is 421 g/mol. The Morgan fingerprint density at radius 1 is 1.03 bits per heavy atom. The van der Waals surface area contributed by atoms with Gasteiger partial charge in [-0.05, 0) is 49.3 Å². The Labute approximate surface area is 191 Å². The van der Waals surface area contributed by atoms with E-state index < -0.39 is 37.5 Å². The van der Waals surface area contributed by atoms with Crippen molar-refractivity contribution in [2.75, 3.05) is 23.2 Å². The van der Waals surface area contributed by atoms with E-state index in [-0.39, 0.29) is 11.4 Å². The molecule has 5 rings (SSSR count). The molecule has 0 spiro atoms. The molecule has 1 fully saturated rings. The second-order valence-electron chi connectivity index (χ2n) is 6.90. The molecule has 0 saturated carbocycles. The first-order chi connectivity index (χ1) is 18.1. The molecule has 8 nitrogen and oxygen atoms in total. The van der Waals surface area contributed by atoms with Crippen LogP contribution in [0.1, 0.15) is 39.9 Å². The Bertz CT molecular complexity index is 1600. The summed E-state index contributed by atoms with van der Waals surface area (Å²) in [5, 5.41) is 4.14. The summed E-state index contributed by atoms with van der Waals surface area (Å²) in [6.07, 6.45) is -0.375. The van der Waals surface area contributed by atoms with Crippen molar-refractivity contribution in [1.29, 1.82) is 0 Å². The number of anilines is 2. The zero-order valence-electron chi connectivity index (χ0n) is 24.7. The molecule has 1 saturated heterocycles. The lowest BCUT2D eigenvalue weighted by molar-refractivity contribution is 0.102. The van der Waals surface area contributed by atoms with Gasteiger partial charge in [-0.2, -0.15) is 0 Å². The minimum Gasteiger partial charge on any atom is -0.357 e. The summed E-state index contributed by atoms with van der Waals surface area (Å²) in [4.78, 5) is 30.3. The van der Waals surface area contributed by atoms with E-state index in [2.05, 4.69) is 25.3 Å². The fourth-order valence-corrected chi connectivity index (χ4v) is 3.17. The van der Waals surface area contributed by atoms with Gasteiger partial charge in [0.25, 0.3) is 5.91 Å². The van der Waals surface area contributed by atoms with Gasteiger partial charge in [0.15, 0.2) is 0 Å². The third kappa shape index (κ3) is 3.72. The largest absolute Gasteiger partial charge is 0.357 e. The molecule has 0 unspecified atom stereocenters. The normalized spacial score (nSPS) is 24.0. The van der Waals surface area contributed by atoms with Crippen LogP contribution >= 0.6 is 0 Å². The third-order valence-corrected chi connectivity index (χ3v) is 4.96. The second kappa shape index (κ2) is 7.79. The lowest BCUT2D eigenvalue weighted by atomic mass is 10.1. The van der Waals surface area contributed by atoms with Crippen molar-refractivity contribution in [3.63, 3.8) is 0 Å². The van der Waals surface area contributed by atoms with Crippen LogP contribution in [-0.2, 0) is 7.05 Å². The first-order valence-corrected chi connectivity index (χ1v) is 9.42. The van der Waals surface area contributed by atoms with Crippen LogP contribution in [0.25, 0.3) is 22.2 Å². The van der Waals surface area contributed by atoms with Gasteiger partial charge in [0.1, 0.15) is 17.5 Å². The molecular weight excluding hydrogens is 390 g/mol. The maximum Gasteiger partial charge on any atom is 0.257 e. The summed E-state index contributed by atoms with van der Waals surface area (Å²) in [7, 11) is 1.88. The van der Waals surface area contributed by atoms with E-state index in [0.29, 0.717) is 10.6 Å². The van der Waals surface area contributed by atoms with E-state index >= 15 is 0 Å². The first-order valence-electron chi connectivity index (χ1n) is 13.4. The minimum absolute atomic E-state index is 0.0395. The van der Waals surface area contributed by atoms with Crippen molar-refractivity contribution in [2.45, 2.75) is 19.7 Å². The number of nitrogens with zero attached hydrogens (tertiary/aromatic N) is 6. The number of hydrogen-bond acceptors (Lipinski definition) is 6. The number of imidazole rings is 1. The Morgan fingerprint density at radius 2 is 1.84 bits per heavy atom. The van der Waals surface area contributed by atoms with Gasteiger partial charge in [0.05, 0.1) is 17.6 Å². The maximum absolute atomic E-state index is 13.1. The zero-order chi connectivity index (χ0) is 28.5. The maximum atomic E-state index is 13.1. The van der Waals surface area contributed by atoms with Gasteiger partial charge < -0.3 is 14.8 Å². The number of pyridine rings is 3. The summed E-state index contributed by atoms with van der Waals surface area (Å²) in [6, 6.07) is 5.89. The number of carbonyl (C=O) groups excluding carboxylic acids is 1. The van der Waals surface area contributed by atoms with E-state index in [1.54, 1.807) is 24.7 Å². The van der Waals surface area contributed by atoms with Crippen molar-refractivity contribution in [3.8, 4) is 11.4 Å². The zero-order valence-corrected chi connectivity index (χ0v) is 16.7. The molecule has 0 bridgehead atoms. The van der Waals surface area contributed by atoms with E-state index in [4.69, 9.17) is 11.0 Å². The van der Waals surface area contributed by atoms with Crippen LogP contribution in [0.15, 0.2) is 49.1 Å². The van der Waals surface area contributed by atoms with Gasteiger partial charge in [0, 0.05) is 60.5 Å². The molecule has 4 aromatic heterocycles. The molecule has 0 atom stereocenters. The van der Waals surface area contributed by atoms with Gasteiger partial charge in [0.2, 0.25) is 0 Å². The average molecular weight is 422 g/mol. The smallest absolute Gasteiger partial charge is 0.257 e. The van der Waals surface area contributed by atoms with Gasteiger partial charge in [-0.25, -0.2) is 15.0 Å². The number of rotatable bonds is 4. The van der Waals surface area contributed by atoms with E-state index in [1.165, 1.54) is 6.07 Å². The number of carbonyl (C=O) groups is 1. The first kappa shape index (κ1) is 12.1. The highest BCUT2D eigenvalue weighted by atomic mass is 16.1. The van der Waals surface area contributed by atoms with Crippen molar-refractivity contribution in [3.05, 3.63) is 60.4 Å². The lowest BCUT2D eigenvalue weighted by Crippen LogP contribution is -2.20. The molecule has 0 aromatic carbocycles. The summed E-state index contributed by atoms with van der Waals surface area (Å²) >= 11 is 0. The Balaban J connectivity index is 1.45. The van der Waals surface area contributed by atoms with Crippen molar-refractivity contribution in [2.24, 2.45) is 7.05 Å². The van der Waals surface area contributed by atoms with Crippen LogP contribution < -0.4 is 10.2 Å². The lowest BCUT2D eigenvalue weighted by Gasteiger charge is -2.16. The quantitative estimate of drug-likeness (QED) is 0.542. The molecule has 5 heterocycles. The molecule has 0 radical (unpaired) electrons. The van der Waals surface area contributed by atoms with Crippen LogP contribution in [-0.4, -0.2) is 43.4 Å². The average Bonchev–Trinajstić information content (AvgIpc) is 3.23. The summed E-state index contributed by atoms with van der Waals surface area (Å²) in [5.74, 6) is -0.0534. The Hall–Kier alpha value is -3.81. The number of nitrogens with one attached hydrogen (secondary N) is 1. The number of hydrogen-bond donors (Lipinski definition) is 1. The molecule has 0 aliphatic carbocycles. The van der Waals surface area contributed by atoms with E-state index in [9.17, 15) is 4.79 Å². The van der Waals surface area contributed by atoms with Crippen LogP contribution in [0.4, 0.5) is 11.6 Å². The van der Waals surface area contributed by atoms with E-state index in [0.717, 1.165) is 34.6 Å². The number of aryl methyl sites for hydroxylation is 1. The van der Waals surface area contributed by atoms with Gasteiger partial charge in [-0.1, -0.05) is 0 Å². The number of aromatic nitrogens is 5. The van der Waals surface area contributed by atoms with Crippen LogP contribution in [0.2, 0.25) is 0 Å². The fraction of sp³-hybridized carbons (Fsp3) is 0.261. The highest BCUT2D eigenvalue weighted by molar-refractivity contribution is 6.05. The van der Waals surface area contributed by atoms with Crippen LogP contribution in [0, 0.1) is 6.92 Å². The molecule has 1 aliphatic heterocycles. The molecule has 4 aromatic rings. The molecular formula is C23H23N7O. The standard InChI is InChI=1S/C23H23N7O/c1-15-25-14-20(29(15)2)19-9-17-10-21(27-13-18(17)12-26-19)28-23(31)16-5-6-24-22(11-16)30-7-3-4-8-30/h5-6,9-14H,3-4,7-8H2,1-2H3,(H,27,28,31)/i3D2,4D2,7D2,8D2. The van der Waals surface area contributed by atoms with Gasteiger partial charge in [-0.15, -0.1) is 0 Å². The van der Waals surface area contributed by atoms with Crippen LogP contribution in [0.3, 0.4) is 0 Å². The summed E-state index contributed by atoms with van der Waals surface area (Å²) in [5.41, 5.74) is 1.46. The van der Waals surface area contributed by atoms with Gasteiger partial charge in [-0.3, -0.25) is 9.78 Å². The predicted molar refractivity (Wildman–Crippen MR) is 120 cm³/mol. The fourth-order valence-electron chi connectivity index (χ4n) is 3.17. The summed E-state index contributed by atoms with van der Waals surface area (Å²) < 4.78 is 66.6. The van der Waals surface area contributed by atoms with Crippen molar-refractivity contribution >= 4 is 28.3 Å². The van der Waals surface area contributed by atoms with Crippen molar-refractivity contribution < 1.29 is 15.8 Å². The minimum atomic E-state index is -3.22. The van der Waals surface area contributed by atoms with Crippen molar-refractivity contribution in [1.82, 2.24) is 24.5 Å². The molecule has 1 N–H and O–H groups in total. The highest BCUT2D eigenvalue weighted by Crippen LogP contribution is 2.24. The molecule has 31 heavy (non-hydrogen) atoms.